The Morgan fingerprint density at radius 3 is 2.63 bits per heavy atom. The van der Waals surface area contributed by atoms with Crippen LogP contribution >= 0.6 is 0 Å². The van der Waals surface area contributed by atoms with Gasteiger partial charge in [0.15, 0.2) is 0 Å². The molecule has 0 spiro atoms. The first-order valence-corrected chi connectivity index (χ1v) is 8.79. The van der Waals surface area contributed by atoms with Crippen molar-refractivity contribution in [3.8, 4) is 17.1 Å². The highest BCUT2D eigenvalue weighted by Crippen LogP contribution is 2.24. The number of nitrogens with zero attached hydrogens (tertiary/aromatic N) is 3. The molecule has 0 N–H and O–H groups in total. The number of aromatic nitrogens is 2. The third kappa shape index (κ3) is 3.98. The van der Waals surface area contributed by atoms with E-state index in [1.165, 1.54) is 17.3 Å². The normalized spacial score (nSPS) is 15.8. The molecule has 1 atom stereocenters. The Hall–Kier alpha value is -3.19. The van der Waals surface area contributed by atoms with Crippen LogP contribution in [0.1, 0.15) is 12.0 Å². The molecule has 27 heavy (non-hydrogen) atoms. The van der Waals surface area contributed by atoms with Gasteiger partial charge in [-0.05, 0) is 21.6 Å². The largest absolute Gasteiger partial charge is 0.440 e. The Bertz CT molecular complexity index is 922. The smallest absolute Gasteiger partial charge is 0.414 e. The van der Waals surface area contributed by atoms with Crippen LogP contribution in [0.25, 0.3) is 11.1 Å². The van der Waals surface area contributed by atoms with E-state index in [9.17, 15) is 10.1 Å². The quantitative estimate of drug-likeness (QED) is 0.490. The lowest BCUT2D eigenvalue weighted by Gasteiger charge is -2.21. The summed E-state index contributed by atoms with van der Waals surface area (Å²) in [7, 11) is 0. The molecule has 0 fully saturated rings. The third-order valence-corrected chi connectivity index (χ3v) is 4.51. The maximum absolute atomic E-state index is 10.8. The van der Waals surface area contributed by atoms with Gasteiger partial charge in [-0.25, -0.2) is 0 Å². The lowest BCUT2D eigenvalue weighted by atomic mass is 10.0. The molecular formula is C20H19N3O4. The predicted molar refractivity (Wildman–Crippen MR) is 99.4 cm³/mol. The third-order valence-electron chi connectivity index (χ3n) is 4.51. The van der Waals surface area contributed by atoms with Crippen molar-refractivity contribution in [2.45, 2.75) is 25.7 Å². The molecule has 138 valence electrons. The molecule has 0 unspecified atom stereocenters. The van der Waals surface area contributed by atoms with E-state index in [1.54, 1.807) is 4.57 Å². The summed E-state index contributed by atoms with van der Waals surface area (Å²) in [6.07, 6.45) is 1.98. The van der Waals surface area contributed by atoms with Crippen LogP contribution in [0.2, 0.25) is 0 Å². The van der Waals surface area contributed by atoms with Gasteiger partial charge in [-0.1, -0.05) is 54.6 Å². The standard InChI is InChI=1S/C20H19N3O4/c24-23(25)19-12-22-11-10-18(27-20(22)21-19)14-26-13-15-6-8-17(9-7-15)16-4-2-1-3-5-16/h1-9,12,18H,10-11,13-14H2/t18-/m1/s1. The molecule has 1 aliphatic heterocycles. The molecule has 0 amide bonds. The number of imidazole rings is 1. The van der Waals surface area contributed by atoms with E-state index in [0.29, 0.717) is 19.8 Å². The first-order valence-electron chi connectivity index (χ1n) is 8.79. The van der Waals surface area contributed by atoms with E-state index in [2.05, 4.69) is 41.4 Å². The van der Waals surface area contributed by atoms with Crippen LogP contribution in [0.5, 0.6) is 6.01 Å². The number of aryl methyl sites for hydroxylation is 1. The van der Waals surface area contributed by atoms with E-state index in [1.807, 2.05) is 18.2 Å². The van der Waals surface area contributed by atoms with Crippen molar-refractivity contribution in [2.75, 3.05) is 6.61 Å². The first-order chi connectivity index (χ1) is 13.2. The number of nitro groups is 1. The molecule has 0 bridgehead atoms. The molecule has 0 saturated heterocycles. The Labute approximate surface area is 156 Å². The zero-order valence-corrected chi connectivity index (χ0v) is 14.7. The molecular weight excluding hydrogens is 346 g/mol. The topological polar surface area (TPSA) is 79.4 Å². The average Bonchev–Trinajstić information content (AvgIpc) is 3.13. The Kier molecular flexibility index (Phi) is 4.84. The fourth-order valence-corrected chi connectivity index (χ4v) is 3.07. The fraction of sp³-hybridized carbons (Fsp3) is 0.250. The van der Waals surface area contributed by atoms with Gasteiger partial charge < -0.3 is 19.6 Å². The predicted octanol–water partition coefficient (Wildman–Crippen LogP) is 3.83. The van der Waals surface area contributed by atoms with Crippen molar-refractivity contribution in [3.05, 3.63) is 76.5 Å². The molecule has 2 heterocycles. The van der Waals surface area contributed by atoms with Crippen molar-refractivity contribution >= 4 is 5.82 Å². The van der Waals surface area contributed by atoms with Gasteiger partial charge in [-0.2, -0.15) is 0 Å². The molecule has 7 heteroatoms. The van der Waals surface area contributed by atoms with Crippen molar-refractivity contribution in [3.63, 3.8) is 0 Å². The molecule has 0 aliphatic carbocycles. The van der Waals surface area contributed by atoms with Crippen LogP contribution < -0.4 is 4.74 Å². The van der Waals surface area contributed by atoms with Crippen LogP contribution in [-0.2, 0) is 17.9 Å². The Morgan fingerprint density at radius 1 is 1.15 bits per heavy atom. The lowest BCUT2D eigenvalue weighted by Crippen LogP contribution is -2.30. The van der Waals surface area contributed by atoms with E-state index < -0.39 is 4.92 Å². The maximum atomic E-state index is 10.8. The average molecular weight is 365 g/mol. The lowest BCUT2D eigenvalue weighted by molar-refractivity contribution is -0.389. The highest BCUT2D eigenvalue weighted by Gasteiger charge is 2.28. The van der Waals surface area contributed by atoms with Gasteiger partial charge in [0.25, 0.3) is 0 Å². The summed E-state index contributed by atoms with van der Waals surface area (Å²) in [4.78, 5) is 14.2. The zero-order valence-electron chi connectivity index (χ0n) is 14.7. The number of fused-ring (bicyclic) bond motifs is 1. The summed E-state index contributed by atoms with van der Waals surface area (Å²) in [6, 6.07) is 18.8. The number of rotatable bonds is 6. The second kappa shape index (κ2) is 7.59. The van der Waals surface area contributed by atoms with Crippen LogP contribution in [0.4, 0.5) is 5.82 Å². The minimum absolute atomic E-state index is 0.150. The highest BCUT2D eigenvalue weighted by molar-refractivity contribution is 5.63. The SMILES string of the molecule is O=[N+]([O-])c1cn2c(n1)O[C@@H](COCc1ccc(-c3ccccc3)cc1)CC2. The van der Waals surface area contributed by atoms with Crippen molar-refractivity contribution in [1.82, 2.24) is 9.55 Å². The van der Waals surface area contributed by atoms with Crippen molar-refractivity contribution in [2.24, 2.45) is 0 Å². The summed E-state index contributed by atoms with van der Waals surface area (Å²) >= 11 is 0. The molecule has 4 rings (SSSR count). The van der Waals surface area contributed by atoms with Gasteiger partial charge in [-0.15, -0.1) is 0 Å². The molecule has 3 aromatic rings. The van der Waals surface area contributed by atoms with E-state index in [0.717, 1.165) is 12.0 Å². The van der Waals surface area contributed by atoms with Gasteiger partial charge in [0.2, 0.25) is 0 Å². The second-order valence-corrected chi connectivity index (χ2v) is 6.44. The molecule has 2 aromatic carbocycles. The second-order valence-electron chi connectivity index (χ2n) is 6.44. The Morgan fingerprint density at radius 2 is 1.89 bits per heavy atom. The maximum Gasteiger partial charge on any atom is 0.414 e. The summed E-state index contributed by atoms with van der Waals surface area (Å²) in [5.74, 6) is -0.190. The highest BCUT2D eigenvalue weighted by atomic mass is 16.6. The van der Waals surface area contributed by atoms with E-state index in [4.69, 9.17) is 9.47 Å². The Balaban J connectivity index is 1.29. The number of hydrogen-bond acceptors (Lipinski definition) is 5. The van der Waals surface area contributed by atoms with Gasteiger partial charge in [0.1, 0.15) is 12.3 Å². The summed E-state index contributed by atoms with van der Waals surface area (Å²) < 4.78 is 13.1. The van der Waals surface area contributed by atoms with Gasteiger partial charge >= 0.3 is 11.8 Å². The van der Waals surface area contributed by atoms with Crippen LogP contribution in [-0.4, -0.2) is 27.2 Å². The molecule has 1 aromatic heterocycles. The number of ether oxygens (including phenoxy) is 2. The van der Waals surface area contributed by atoms with Gasteiger partial charge in [-0.3, -0.25) is 4.57 Å². The van der Waals surface area contributed by atoms with Gasteiger partial charge in [0.05, 0.1) is 13.2 Å². The molecule has 7 nitrogen and oxygen atoms in total. The van der Waals surface area contributed by atoms with Gasteiger partial charge in [0, 0.05) is 17.9 Å². The molecule has 1 aliphatic rings. The van der Waals surface area contributed by atoms with Crippen LogP contribution in [0.15, 0.2) is 60.8 Å². The fourth-order valence-electron chi connectivity index (χ4n) is 3.07. The van der Waals surface area contributed by atoms with Crippen molar-refractivity contribution < 1.29 is 14.4 Å². The summed E-state index contributed by atoms with van der Waals surface area (Å²) in [5.41, 5.74) is 3.44. The monoisotopic (exact) mass is 365 g/mol. The van der Waals surface area contributed by atoms with E-state index in [-0.39, 0.29) is 17.9 Å². The zero-order chi connectivity index (χ0) is 18.6. The number of benzene rings is 2. The minimum Gasteiger partial charge on any atom is -0.440 e. The molecule has 0 saturated carbocycles. The van der Waals surface area contributed by atoms with E-state index >= 15 is 0 Å². The summed E-state index contributed by atoms with van der Waals surface area (Å²) in [5, 5.41) is 10.8. The first kappa shape index (κ1) is 17.2. The number of hydrogen-bond donors (Lipinski definition) is 0. The van der Waals surface area contributed by atoms with Crippen molar-refractivity contribution in [1.29, 1.82) is 0 Å². The van der Waals surface area contributed by atoms with Crippen LogP contribution in [0.3, 0.4) is 0 Å². The molecule has 0 radical (unpaired) electrons. The van der Waals surface area contributed by atoms with Crippen LogP contribution in [0, 0.1) is 10.1 Å². The summed E-state index contributed by atoms with van der Waals surface area (Å²) in [6.45, 7) is 1.54. The minimum atomic E-state index is -0.515.